The molecule has 0 aliphatic heterocycles. The Kier molecular flexibility index (Phi) is 4.02. The van der Waals surface area contributed by atoms with Crippen molar-refractivity contribution in [2.24, 2.45) is 5.92 Å². The first-order chi connectivity index (χ1) is 5.70. The van der Waals surface area contributed by atoms with E-state index in [2.05, 4.69) is 19.2 Å². The van der Waals surface area contributed by atoms with Crippen LogP contribution in [0.5, 0.6) is 0 Å². The average Bonchev–Trinajstić information content (AvgIpc) is 2.03. The number of nitrogens with one attached hydrogen (secondary N) is 1. The molecule has 0 aromatic heterocycles. The van der Waals surface area contributed by atoms with Crippen LogP contribution in [0.25, 0.3) is 0 Å². The van der Waals surface area contributed by atoms with E-state index in [0.717, 1.165) is 19.4 Å². The Bertz CT molecular complexity index is 125. The molecular formula is C10H21NO. The molecule has 2 atom stereocenters. The maximum Gasteiger partial charge on any atom is 0.0693 e. The van der Waals surface area contributed by atoms with Crippen molar-refractivity contribution in [3.8, 4) is 0 Å². The van der Waals surface area contributed by atoms with E-state index >= 15 is 0 Å². The van der Waals surface area contributed by atoms with Crippen LogP contribution in [0.3, 0.4) is 0 Å². The largest absolute Gasteiger partial charge is 0.392 e. The van der Waals surface area contributed by atoms with Crippen molar-refractivity contribution in [2.75, 3.05) is 6.54 Å². The first kappa shape index (κ1) is 10.0. The summed E-state index contributed by atoms with van der Waals surface area (Å²) in [4.78, 5) is 0. The van der Waals surface area contributed by atoms with Crippen LogP contribution >= 0.6 is 0 Å². The molecule has 2 nitrogen and oxygen atoms in total. The molecule has 1 aliphatic carbocycles. The van der Waals surface area contributed by atoms with E-state index < -0.39 is 0 Å². The lowest BCUT2D eigenvalue weighted by Gasteiger charge is -2.29. The molecule has 0 unspecified atom stereocenters. The Balaban J connectivity index is 2.20. The van der Waals surface area contributed by atoms with Crippen LogP contribution in [-0.4, -0.2) is 23.8 Å². The van der Waals surface area contributed by atoms with Crippen LogP contribution in [0.15, 0.2) is 0 Å². The summed E-state index contributed by atoms with van der Waals surface area (Å²) in [6.45, 7) is 5.42. The fourth-order valence-electron chi connectivity index (χ4n) is 1.74. The molecule has 1 fully saturated rings. The Morgan fingerprint density at radius 2 is 2.00 bits per heavy atom. The zero-order valence-corrected chi connectivity index (χ0v) is 8.21. The van der Waals surface area contributed by atoms with Crippen molar-refractivity contribution in [3.05, 3.63) is 0 Å². The van der Waals surface area contributed by atoms with E-state index in [1.165, 1.54) is 12.8 Å². The predicted molar refractivity (Wildman–Crippen MR) is 51.1 cm³/mol. The molecule has 1 rings (SSSR count). The summed E-state index contributed by atoms with van der Waals surface area (Å²) in [7, 11) is 0. The minimum Gasteiger partial charge on any atom is -0.392 e. The molecule has 12 heavy (non-hydrogen) atoms. The van der Waals surface area contributed by atoms with Gasteiger partial charge < -0.3 is 10.4 Å². The van der Waals surface area contributed by atoms with Gasteiger partial charge in [-0.1, -0.05) is 26.7 Å². The predicted octanol–water partition coefficient (Wildman–Crippen LogP) is 1.54. The molecule has 0 amide bonds. The molecule has 0 aromatic carbocycles. The van der Waals surface area contributed by atoms with Gasteiger partial charge in [-0.3, -0.25) is 0 Å². The smallest absolute Gasteiger partial charge is 0.0693 e. The third kappa shape index (κ3) is 3.11. The lowest BCUT2D eigenvalue weighted by molar-refractivity contribution is 0.0896. The second-order valence-corrected chi connectivity index (χ2v) is 4.26. The van der Waals surface area contributed by atoms with Gasteiger partial charge in [0.25, 0.3) is 0 Å². The van der Waals surface area contributed by atoms with Crippen LogP contribution in [0.4, 0.5) is 0 Å². The monoisotopic (exact) mass is 171 g/mol. The normalized spacial score (nSPS) is 31.0. The first-order valence-corrected chi connectivity index (χ1v) is 5.11. The zero-order valence-electron chi connectivity index (χ0n) is 8.21. The van der Waals surface area contributed by atoms with Gasteiger partial charge in [-0.15, -0.1) is 0 Å². The van der Waals surface area contributed by atoms with Crippen LogP contribution < -0.4 is 5.32 Å². The van der Waals surface area contributed by atoms with Crippen molar-refractivity contribution in [2.45, 2.75) is 51.7 Å². The van der Waals surface area contributed by atoms with Gasteiger partial charge in [0.15, 0.2) is 0 Å². The molecule has 0 aromatic rings. The Morgan fingerprint density at radius 1 is 1.33 bits per heavy atom. The van der Waals surface area contributed by atoms with Gasteiger partial charge in [0.05, 0.1) is 6.10 Å². The Labute approximate surface area is 75.4 Å². The molecule has 0 saturated heterocycles. The molecular weight excluding hydrogens is 150 g/mol. The standard InChI is InChI=1S/C10H21NO/c1-8(2)7-11-9-5-3-4-6-10(9)12/h8-12H,3-7H2,1-2H3/t9-,10+/m0/s1. The number of aliphatic hydroxyl groups excluding tert-OH is 1. The summed E-state index contributed by atoms with van der Waals surface area (Å²) in [5, 5.41) is 13.0. The average molecular weight is 171 g/mol. The van der Waals surface area contributed by atoms with Crippen molar-refractivity contribution in [1.82, 2.24) is 5.32 Å². The summed E-state index contributed by atoms with van der Waals surface area (Å²) < 4.78 is 0. The van der Waals surface area contributed by atoms with Crippen molar-refractivity contribution >= 4 is 0 Å². The van der Waals surface area contributed by atoms with Crippen molar-refractivity contribution in [1.29, 1.82) is 0 Å². The van der Waals surface area contributed by atoms with Crippen molar-refractivity contribution in [3.63, 3.8) is 0 Å². The Morgan fingerprint density at radius 3 is 2.58 bits per heavy atom. The maximum atomic E-state index is 9.62. The van der Waals surface area contributed by atoms with Crippen LogP contribution in [0.1, 0.15) is 39.5 Å². The van der Waals surface area contributed by atoms with Gasteiger partial charge in [-0.25, -0.2) is 0 Å². The minimum atomic E-state index is -0.0995. The van der Waals surface area contributed by atoms with Gasteiger partial charge in [0, 0.05) is 6.04 Å². The van der Waals surface area contributed by atoms with Gasteiger partial charge in [-0.05, 0) is 25.3 Å². The highest BCUT2D eigenvalue weighted by atomic mass is 16.3. The molecule has 2 heteroatoms. The minimum absolute atomic E-state index is 0.0995. The molecule has 2 N–H and O–H groups in total. The summed E-state index contributed by atoms with van der Waals surface area (Å²) in [5.74, 6) is 0.680. The van der Waals surface area contributed by atoms with E-state index in [9.17, 15) is 5.11 Å². The molecule has 1 saturated carbocycles. The van der Waals surface area contributed by atoms with Gasteiger partial charge >= 0.3 is 0 Å². The highest BCUT2D eigenvalue weighted by molar-refractivity contribution is 4.80. The van der Waals surface area contributed by atoms with Crippen LogP contribution in [0, 0.1) is 5.92 Å². The van der Waals surface area contributed by atoms with E-state index in [4.69, 9.17) is 0 Å². The summed E-state index contributed by atoms with van der Waals surface area (Å²) >= 11 is 0. The van der Waals surface area contributed by atoms with E-state index in [0.29, 0.717) is 12.0 Å². The third-order valence-corrected chi connectivity index (χ3v) is 2.52. The number of hydrogen-bond donors (Lipinski definition) is 2. The van der Waals surface area contributed by atoms with Gasteiger partial charge in [0.1, 0.15) is 0 Å². The maximum absolute atomic E-state index is 9.62. The van der Waals surface area contributed by atoms with E-state index in [1.807, 2.05) is 0 Å². The summed E-state index contributed by atoms with van der Waals surface area (Å²) in [6, 6.07) is 0.362. The lowest BCUT2D eigenvalue weighted by atomic mass is 9.92. The van der Waals surface area contributed by atoms with E-state index in [1.54, 1.807) is 0 Å². The molecule has 72 valence electrons. The first-order valence-electron chi connectivity index (χ1n) is 5.11. The second-order valence-electron chi connectivity index (χ2n) is 4.26. The van der Waals surface area contributed by atoms with E-state index in [-0.39, 0.29) is 6.10 Å². The van der Waals surface area contributed by atoms with Gasteiger partial charge in [-0.2, -0.15) is 0 Å². The lowest BCUT2D eigenvalue weighted by Crippen LogP contribution is -2.43. The summed E-state index contributed by atoms with van der Waals surface area (Å²) in [6.07, 6.45) is 4.50. The number of aliphatic hydroxyl groups is 1. The highest BCUT2D eigenvalue weighted by Gasteiger charge is 2.21. The summed E-state index contributed by atoms with van der Waals surface area (Å²) in [5.41, 5.74) is 0. The Hall–Kier alpha value is -0.0800. The topological polar surface area (TPSA) is 32.3 Å². The van der Waals surface area contributed by atoms with Gasteiger partial charge in [0.2, 0.25) is 0 Å². The molecule has 1 aliphatic rings. The SMILES string of the molecule is CC(C)CN[C@H]1CCCC[C@H]1O. The second kappa shape index (κ2) is 4.83. The quantitative estimate of drug-likeness (QED) is 0.675. The fraction of sp³-hybridized carbons (Fsp3) is 1.00. The molecule has 0 radical (unpaired) electrons. The van der Waals surface area contributed by atoms with Crippen LogP contribution in [-0.2, 0) is 0 Å². The number of rotatable bonds is 3. The third-order valence-electron chi connectivity index (χ3n) is 2.52. The molecule has 0 bridgehead atoms. The highest BCUT2D eigenvalue weighted by Crippen LogP contribution is 2.18. The van der Waals surface area contributed by atoms with Crippen molar-refractivity contribution < 1.29 is 5.11 Å². The zero-order chi connectivity index (χ0) is 8.97. The van der Waals surface area contributed by atoms with Crippen LogP contribution in [0.2, 0.25) is 0 Å². The number of hydrogen-bond acceptors (Lipinski definition) is 2. The molecule has 0 heterocycles. The molecule has 0 spiro atoms. The fourth-order valence-corrected chi connectivity index (χ4v) is 1.74.